The van der Waals surface area contributed by atoms with Crippen LogP contribution < -0.4 is 5.32 Å². The van der Waals surface area contributed by atoms with E-state index in [0.29, 0.717) is 29.9 Å². The normalized spacial score (nSPS) is 22.1. The number of nitrogens with zero attached hydrogens (tertiary/aromatic N) is 1. The summed E-state index contributed by atoms with van der Waals surface area (Å²) < 4.78 is 4.74. The van der Waals surface area contributed by atoms with Crippen LogP contribution in [0.4, 0.5) is 5.69 Å². The van der Waals surface area contributed by atoms with Gasteiger partial charge in [0.25, 0.3) is 0 Å². The van der Waals surface area contributed by atoms with Crippen molar-refractivity contribution in [2.75, 3.05) is 19.0 Å². The van der Waals surface area contributed by atoms with Crippen LogP contribution in [0, 0.1) is 0 Å². The third kappa shape index (κ3) is 3.85. The highest BCUT2D eigenvalue weighted by Gasteiger charge is 2.26. The molecule has 0 spiro atoms. The molecule has 1 amide bonds. The molecule has 5 heteroatoms. The Morgan fingerprint density at radius 3 is 2.50 bits per heavy atom. The van der Waals surface area contributed by atoms with Crippen molar-refractivity contribution < 1.29 is 14.3 Å². The molecule has 2 unspecified atom stereocenters. The molecule has 120 valence electrons. The van der Waals surface area contributed by atoms with E-state index in [0.717, 1.165) is 12.8 Å². The molecule has 1 fully saturated rings. The van der Waals surface area contributed by atoms with Gasteiger partial charge in [-0.25, -0.2) is 4.79 Å². The molecule has 0 aliphatic carbocycles. The Kier molecular flexibility index (Phi) is 5.55. The molecule has 1 saturated heterocycles. The standard InChI is InChI=1S/C17H24N2O3/c1-12-7-6-8-13(2)19(12)11-16(20)18-15-10-5-4-9-14(15)17(21)22-3/h4-5,9-10,12-13H,6-8,11H2,1-3H3,(H,18,20). The largest absolute Gasteiger partial charge is 0.465 e. The molecule has 1 aliphatic heterocycles. The van der Waals surface area contributed by atoms with Crippen LogP contribution in [0.3, 0.4) is 0 Å². The number of hydrogen-bond donors (Lipinski definition) is 1. The van der Waals surface area contributed by atoms with Crippen molar-refractivity contribution in [2.45, 2.75) is 45.2 Å². The molecule has 0 saturated carbocycles. The maximum Gasteiger partial charge on any atom is 0.339 e. The van der Waals surface area contributed by atoms with Crippen molar-refractivity contribution in [3.63, 3.8) is 0 Å². The van der Waals surface area contributed by atoms with Crippen LogP contribution in [0.5, 0.6) is 0 Å². The average Bonchev–Trinajstić information content (AvgIpc) is 2.51. The van der Waals surface area contributed by atoms with Crippen LogP contribution >= 0.6 is 0 Å². The number of methoxy groups -OCH3 is 1. The Morgan fingerprint density at radius 1 is 1.23 bits per heavy atom. The van der Waals surface area contributed by atoms with Gasteiger partial charge in [-0.2, -0.15) is 0 Å². The van der Waals surface area contributed by atoms with Crippen LogP contribution in [0.15, 0.2) is 24.3 Å². The number of hydrogen-bond acceptors (Lipinski definition) is 4. The van der Waals surface area contributed by atoms with Crippen LogP contribution in [0.1, 0.15) is 43.5 Å². The molecule has 0 bridgehead atoms. The second-order valence-electron chi connectivity index (χ2n) is 5.89. The number of esters is 1. The minimum Gasteiger partial charge on any atom is -0.465 e. The van der Waals surface area contributed by atoms with Gasteiger partial charge in [-0.15, -0.1) is 0 Å². The number of ether oxygens (including phenoxy) is 1. The Balaban J connectivity index is 2.05. The van der Waals surface area contributed by atoms with Gasteiger partial charge in [-0.1, -0.05) is 18.6 Å². The fourth-order valence-corrected chi connectivity index (χ4v) is 3.02. The lowest BCUT2D eigenvalue weighted by Crippen LogP contribution is -2.47. The molecule has 1 heterocycles. The van der Waals surface area contributed by atoms with Crippen LogP contribution in [0.25, 0.3) is 0 Å². The summed E-state index contributed by atoms with van der Waals surface area (Å²) in [7, 11) is 1.33. The molecule has 2 atom stereocenters. The van der Waals surface area contributed by atoms with Gasteiger partial charge in [-0.3, -0.25) is 9.69 Å². The first-order valence-corrected chi connectivity index (χ1v) is 7.76. The molecule has 0 radical (unpaired) electrons. The summed E-state index contributed by atoms with van der Waals surface area (Å²) >= 11 is 0. The van der Waals surface area contributed by atoms with Gasteiger partial charge in [0.05, 0.1) is 24.9 Å². The number of carbonyl (C=O) groups is 2. The third-order valence-corrected chi connectivity index (χ3v) is 4.31. The molecule has 0 aromatic heterocycles. The zero-order valence-corrected chi connectivity index (χ0v) is 13.5. The highest BCUT2D eigenvalue weighted by Crippen LogP contribution is 2.22. The summed E-state index contributed by atoms with van der Waals surface area (Å²) in [5, 5.41) is 2.83. The Hall–Kier alpha value is -1.88. The Bertz CT molecular complexity index is 534. The molecule has 5 nitrogen and oxygen atoms in total. The molecular weight excluding hydrogens is 280 g/mol. The number of anilines is 1. The average molecular weight is 304 g/mol. The predicted molar refractivity (Wildman–Crippen MR) is 85.9 cm³/mol. The summed E-state index contributed by atoms with van der Waals surface area (Å²) in [6, 6.07) is 7.71. The van der Waals surface area contributed by atoms with Gasteiger partial charge >= 0.3 is 5.97 Å². The second kappa shape index (κ2) is 7.40. The Labute approximate surface area is 131 Å². The molecule has 1 aromatic carbocycles. The summed E-state index contributed by atoms with van der Waals surface area (Å²) in [6.07, 6.45) is 3.46. The number of nitrogens with one attached hydrogen (secondary N) is 1. The Morgan fingerprint density at radius 2 is 1.86 bits per heavy atom. The lowest BCUT2D eigenvalue weighted by Gasteiger charge is -2.38. The SMILES string of the molecule is COC(=O)c1ccccc1NC(=O)CN1C(C)CCCC1C. The van der Waals surface area contributed by atoms with Crippen LogP contribution in [-0.2, 0) is 9.53 Å². The van der Waals surface area contributed by atoms with E-state index in [1.54, 1.807) is 24.3 Å². The second-order valence-corrected chi connectivity index (χ2v) is 5.89. The van der Waals surface area contributed by atoms with Gasteiger partial charge < -0.3 is 10.1 Å². The van der Waals surface area contributed by atoms with E-state index in [9.17, 15) is 9.59 Å². The van der Waals surface area contributed by atoms with E-state index < -0.39 is 5.97 Å². The fourth-order valence-electron chi connectivity index (χ4n) is 3.02. The monoisotopic (exact) mass is 304 g/mol. The third-order valence-electron chi connectivity index (χ3n) is 4.31. The lowest BCUT2D eigenvalue weighted by molar-refractivity contribution is -0.118. The first-order valence-electron chi connectivity index (χ1n) is 7.76. The number of rotatable bonds is 4. The zero-order chi connectivity index (χ0) is 16.1. The van der Waals surface area contributed by atoms with Crippen molar-refractivity contribution in [2.24, 2.45) is 0 Å². The van der Waals surface area contributed by atoms with Crippen molar-refractivity contribution in [3.05, 3.63) is 29.8 Å². The molecule has 22 heavy (non-hydrogen) atoms. The maximum absolute atomic E-state index is 12.3. The minimum atomic E-state index is -0.449. The molecular formula is C17H24N2O3. The van der Waals surface area contributed by atoms with E-state index in [4.69, 9.17) is 4.74 Å². The van der Waals surface area contributed by atoms with E-state index in [2.05, 4.69) is 24.1 Å². The molecule has 1 aromatic rings. The highest BCUT2D eigenvalue weighted by molar-refractivity contribution is 6.01. The van der Waals surface area contributed by atoms with Gasteiger partial charge in [0.1, 0.15) is 0 Å². The number of amides is 1. The highest BCUT2D eigenvalue weighted by atomic mass is 16.5. The predicted octanol–water partition coefficient (Wildman–Crippen LogP) is 2.67. The van der Waals surface area contributed by atoms with Crippen molar-refractivity contribution in [1.29, 1.82) is 0 Å². The summed E-state index contributed by atoms with van der Waals surface area (Å²) in [6.45, 7) is 4.66. The number of likely N-dealkylation sites (tertiary alicyclic amines) is 1. The van der Waals surface area contributed by atoms with E-state index in [1.165, 1.54) is 13.5 Å². The maximum atomic E-state index is 12.3. The first kappa shape index (κ1) is 16.5. The van der Waals surface area contributed by atoms with Crippen molar-refractivity contribution >= 4 is 17.6 Å². The fraction of sp³-hybridized carbons (Fsp3) is 0.529. The van der Waals surface area contributed by atoms with E-state index in [1.807, 2.05) is 0 Å². The van der Waals surface area contributed by atoms with Crippen LogP contribution in [0.2, 0.25) is 0 Å². The van der Waals surface area contributed by atoms with E-state index in [-0.39, 0.29) is 5.91 Å². The van der Waals surface area contributed by atoms with Gasteiger partial charge in [0.15, 0.2) is 0 Å². The topological polar surface area (TPSA) is 58.6 Å². The molecule has 1 N–H and O–H groups in total. The number of para-hydroxylation sites is 1. The van der Waals surface area contributed by atoms with E-state index >= 15 is 0 Å². The van der Waals surface area contributed by atoms with Crippen molar-refractivity contribution in [1.82, 2.24) is 4.90 Å². The number of carbonyl (C=O) groups excluding carboxylic acids is 2. The van der Waals surface area contributed by atoms with Gasteiger partial charge in [0, 0.05) is 12.1 Å². The minimum absolute atomic E-state index is 0.100. The van der Waals surface area contributed by atoms with Crippen molar-refractivity contribution in [3.8, 4) is 0 Å². The first-order chi connectivity index (χ1) is 10.5. The smallest absolute Gasteiger partial charge is 0.339 e. The van der Waals surface area contributed by atoms with Crippen LogP contribution in [-0.4, -0.2) is 42.5 Å². The number of benzene rings is 1. The van der Waals surface area contributed by atoms with Gasteiger partial charge in [-0.05, 0) is 38.8 Å². The summed E-state index contributed by atoms with van der Waals surface area (Å²) in [5.74, 6) is -0.549. The summed E-state index contributed by atoms with van der Waals surface area (Å²) in [5.41, 5.74) is 0.870. The lowest BCUT2D eigenvalue weighted by atomic mass is 9.97. The van der Waals surface area contributed by atoms with Gasteiger partial charge in [0.2, 0.25) is 5.91 Å². The zero-order valence-electron chi connectivity index (χ0n) is 13.5. The molecule has 1 aliphatic rings. The quantitative estimate of drug-likeness (QED) is 0.869. The number of piperidine rings is 1. The molecule has 2 rings (SSSR count). The summed E-state index contributed by atoms with van der Waals surface area (Å²) in [4.78, 5) is 26.3.